The van der Waals surface area contributed by atoms with Gasteiger partial charge in [-0.25, -0.2) is 0 Å². The van der Waals surface area contributed by atoms with E-state index in [4.69, 9.17) is 14.6 Å². The monoisotopic (exact) mass is 146 g/mol. The van der Waals surface area contributed by atoms with E-state index in [0.29, 0.717) is 6.61 Å². The Labute approximate surface area is 60.9 Å². The van der Waals surface area contributed by atoms with Crippen LogP contribution in [0.2, 0.25) is 0 Å². The van der Waals surface area contributed by atoms with Crippen LogP contribution >= 0.6 is 0 Å². The minimum absolute atomic E-state index is 0.00120. The highest BCUT2D eigenvalue weighted by Gasteiger charge is 2.20. The van der Waals surface area contributed by atoms with Crippen molar-refractivity contribution in [1.82, 2.24) is 0 Å². The van der Waals surface area contributed by atoms with Gasteiger partial charge in [0.25, 0.3) is 0 Å². The second kappa shape index (κ2) is 3.91. The Morgan fingerprint density at radius 3 is 3.10 bits per heavy atom. The van der Waals surface area contributed by atoms with Gasteiger partial charge in [0.2, 0.25) is 0 Å². The van der Waals surface area contributed by atoms with Crippen molar-refractivity contribution in [3.8, 4) is 0 Å². The second-order valence-corrected chi connectivity index (χ2v) is 2.56. The summed E-state index contributed by atoms with van der Waals surface area (Å²) in [6.45, 7) is 0.823. The van der Waals surface area contributed by atoms with Crippen LogP contribution < -0.4 is 0 Å². The fraction of sp³-hybridized carbons (Fsp3) is 1.00. The Morgan fingerprint density at radius 2 is 2.50 bits per heavy atom. The molecule has 2 atom stereocenters. The molecule has 1 heterocycles. The highest BCUT2D eigenvalue weighted by Crippen LogP contribution is 2.15. The van der Waals surface area contributed by atoms with E-state index in [0.717, 1.165) is 12.8 Å². The first-order valence-electron chi connectivity index (χ1n) is 3.62. The molecule has 10 heavy (non-hydrogen) atoms. The molecule has 0 spiro atoms. The van der Waals surface area contributed by atoms with Gasteiger partial charge in [-0.05, 0) is 6.42 Å². The summed E-state index contributed by atoms with van der Waals surface area (Å²) in [5.41, 5.74) is 0. The molecule has 60 valence electrons. The molecule has 0 aliphatic carbocycles. The third kappa shape index (κ3) is 1.94. The summed E-state index contributed by atoms with van der Waals surface area (Å²) in [6, 6.07) is 0. The topological polar surface area (TPSA) is 38.7 Å². The molecule has 0 bridgehead atoms. The van der Waals surface area contributed by atoms with Gasteiger partial charge in [-0.15, -0.1) is 0 Å². The van der Waals surface area contributed by atoms with Crippen LogP contribution in [0.15, 0.2) is 0 Å². The zero-order chi connectivity index (χ0) is 7.40. The molecule has 1 aliphatic heterocycles. The lowest BCUT2D eigenvalue weighted by molar-refractivity contribution is -0.0761. The average Bonchev–Trinajstić information content (AvgIpc) is 2.05. The predicted molar refractivity (Wildman–Crippen MR) is 36.9 cm³/mol. The molecule has 1 aliphatic rings. The molecule has 0 aromatic carbocycles. The summed E-state index contributed by atoms with van der Waals surface area (Å²) in [7, 11) is 1.70. The molecule has 0 aromatic heterocycles. The van der Waals surface area contributed by atoms with Crippen LogP contribution in [0.25, 0.3) is 0 Å². The van der Waals surface area contributed by atoms with E-state index in [9.17, 15) is 0 Å². The number of hydrogen-bond donors (Lipinski definition) is 1. The molecule has 0 radical (unpaired) electrons. The van der Waals surface area contributed by atoms with Crippen LogP contribution in [0, 0.1) is 0 Å². The summed E-state index contributed by atoms with van der Waals surface area (Å²) in [4.78, 5) is 0. The molecule has 3 heteroatoms. The number of aliphatic hydroxyl groups excluding tert-OH is 1. The highest BCUT2D eigenvalue weighted by atomic mass is 16.5. The molecule has 1 saturated heterocycles. The second-order valence-electron chi connectivity index (χ2n) is 2.56. The zero-order valence-electron chi connectivity index (χ0n) is 6.25. The van der Waals surface area contributed by atoms with Crippen molar-refractivity contribution in [2.24, 2.45) is 0 Å². The molecular formula is C7H14O3. The van der Waals surface area contributed by atoms with E-state index in [1.165, 1.54) is 0 Å². The first-order valence-corrected chi connectivity index (χ1v) is 3.62. The van der Waals surface area contributed by atoms with Crippen LogP contribution in [0.1, 0.15) is 12.8 Å². The maximum Gasteiger partial charge on any atom is 0.0830 e. The standard InChI is InChI=1S/C7H14O3/c1-9-6-2-3-10-7(4-6)5-8/h6-8H,2-5H2,1H3/t6-,7+/m0/s1. The molecule has 0 aromatic rings. The van der Waals surface area contributed by atoms with Crippen LogP contribution in [-0.2, 0) is 9.47 Å². The smallest absolute Gasteiger partial charge is 0.0830 e. The third-order valence-electron chi connectivity index (χ3n) is 1.86. The fourth-order valence-corrected chi connectivity index (χ4v) is 1.19. The van der Waals surface area contributed by atoms with Gasteiger partial charge in [0.05, 0.1) is 18.8 Å². The molecule has 1 fully saturated rings. The Bertz CT molecular complexity index is 84.9. The quantitative estimate of drug-likeness (QED) is 0.603. The largest absolute Gasteiger partial charge is 0.394 e. The van der Waals surface area contributed by atoms with Crippen molar-refractivity contribution in [2.45, 2.75) is 25.0 Å². The molecular weight excluding hydrogens is 132 g/mol. The Morgan fingerprint density at radius 1 is 1.70 bits per heavy atom. The number of methoxy groups -OCH3 is 1. The highest BCUT2D eigenvalue weighted by molar-refractivity contribution is 4.70. The van der Waals surface area contributed by atoms with Crippen LogP contribution in [-0.4, -0.2) is 37.6 Å². The summed E-state index contributed by atoms with van der Waals surface area (Å²) >= 11 is 0. The number of rotatable bonds is 2. The van der Waals surface area contributed by atoms with Crippen LogP contribution in [0.5, 0.6) is 0 Å². The fourth-order valence-electron chi connectivity index (χ4n) is 1.19. The summed E-state index contributed by atoms with van der Waals surface area (Å²) in [5.74, 6) is 0. The molecule has 1 N–H and O–H groups in total. The SMILES string of the molecule is CO[C@H]1CCO[C@@H](CO)C1. The lowest BCUT2D eigenvalue weighted by atomic mass is 10.1. The van der Waals surface area contributed by atoms with Crippen molar-refractivity contribution in [3.63, 3.8) is 0 Å². The summed E-state index contributed by atoms with van der Waals surface area (Å²) in [6.07, 6.45) is 2.06. The summed E-state index contributed by atoms with van der Waals surface area (Å²) < 4.78 is 10.4. The Hall–Kier alpha value is -0.120. The van der Waals surface area contributed by atoms with Gasteiger partial charge >= 0.3 is 0 Å². The van der Waals surface area contributed by atoms with Gasteiger partial charge < -0.3 is 14.6 Å². The van der Waals surface area contributed by atoms with Gasteiger partial charge in [-0.1, -0.05) is 0 Å². The number of ether oxygens (including phenoxy) is 2. The minimum atomic E-state index is -0.00120. The van der Waals surface area contributed by atoms with Gasteiger partial charge in [0.15, 0.2) is 0 Å². The first kappa shape index (κ1) is 7.98. The molecule has 0 saturated carbocycles. The minimum Gasteiger partial charge on any atom is -0.394 e. The third-order valence-corrected chi connectivity index (χ3v) is 1.86. The lowest BCUT2D eigenvalue weighted by Gasteiger charge is -2.27. The van der Waals surface area contributed by atoms with E-state index in [-0.39, 0.29) is 18.8 Å². The predicted octanol–water partition coefficient (Wildman–Crippen LogP) is 0.173. The van der Waals surface area contributed by atoms with Crippen molar-refractivity contribution in [2.75, 3.05) is 20.3 Å². The lowest BCUT2D eigenvalue weighted by Crippen LogP contribution is -2.32. The first-order chi connectivity index (χ1) is 4.86. The van der Waals surface area contributed by atoms with Gasteiger partial charge in [0, 0.05) is 20.1 Å². The Kier molecular flexibility index (Phi) is 3.12. The zero-order valence-corrected chi connectivity index (χ0v) is 6.25. The van der Waals surface area contributed by atoms with E-state index >= 15 is 0 Å². The van der Waals surface area contributed by atoms with Crippen molar-refractivity contribution in [1.29, 1.82) is 0 Å². The van der Waals surface area contributed by atoms with Crippen molar-refractivity contribution < 1.29 is 14.6 Å². The maximum atomic E-state index is 8.72. The van der Waals surface area contributed by atoms with Crippen molar-refractivity contribution in [3.05, 3.63) is 0 Å². The van der Waals surface area contributed by atoms with Gasteiger partial charge in [-0.3, -0.25) is 0 Å². The van der Waals surface area contributed by atoms with Crippen LogP contribution in [0.4, 0.5) is 0 Å². The number of aliphatic hydroxyl groups is 1. The van der Waals surface area contributed by atoms with Crippen LogP contribution in [0.3, 0.4) is 0 Å². The van der Waals surface area contributed by atoms with Gasteiger partial charge in [0.1, 0.15) is 0 Å². The van der Waals surface area contributed by atoms with Crippen molar-refractivity contribution >= 4 is 0 Å². The van der Waals surface area contributed by atoms with Gasteiger partial charge in [-0.2, -0.15) is 0 Å². The molecule has 0 amide bonds. The van der Waals surface area contributed by atoms with E-state index in [1.807, 2.05) is 0 Å². The average molecular weight is 146 g/mol. The summed E-state index contributed by atoms with van der Waals surface area (Å²) in [5, 5.41) is 8.72. The van der Waals surface area contributed by atoms with E-state index in [2.05, 4.69) is 0 Å². The molecule has 1 rings (SSSR count). The molecule has 0 unspecified atom stereocenters. The van der Waals surface area contributed by atoms with E-state index in [1.54, 1.807) is 7.11 Å². The normalized spacial score (nSPS) is 34.2. The maximum absolute atomic E-state index is 8.72. The Balaban J connectivity index is 2.25. The number of hydrogen-bond acceptors (Lipinski definition) is 3. The van der Waals surface area contributed by atoms with E-state index < -0.39 is 0 Å². The molecule has 3 nitrogen and oxygen atoms in total.